The fourth-order valence-electron chi connectivity index (χ4n) is 2.47. The number of ketones is 1. The van der Waals surface area contributed by atoms with E-state index in [4.69, 9.17) is 0 Å². The molecule has 0 spiro atoms. The lowest BCUT2D eigenvalue weighted by Gasteiger charge is -2.30. The minimum absolute atomic E-state index is 0.0475. The van der Waals surface area contributed by atoms with Crippen molar-refractivity contribution < 1.29 is 9.59 Å². The fraction of sp³-hybridized carbons (Fsp3) is 0.467. The Labute approximate surface area is 108 Å². The van der Waals surface area contributed by atoms with E-state index < -0.39 is 0 Å². The van der Waals surface area contributed by atoms with Crippen molar-refractivity contribution in [3.63, 3.8) is 0 Å². The van der Waals surface area contributed by atoms with Gasteiger partial charge >= 0.3 is 0 Å². The number of rotatable bonds is 2. The van der Waals surface area contributed by atoms with Gasteiger partial charge in [-0.25, -0.2) is 0 Å². The molecule has 1 amide bonds. The molecule has 0 bridgehead atoms. The third-order valence-electron chi connectivity index (χ3n) is 3.42. The van der Waals surface area contributed by atoms with Crippen molar-refractivity contribution in [2.45, 2.75) is 39.5 Å². The van der Waals surface area contributed by atoms with Crippen LogP contribution in [0.15, 0.2) is 18.2 Å². The summed E-state index contributed by atoms with van der Waals surface area (Å²) in [6.45, 7) is 6.78. The Morgan fingerprint density at radius 2 is 1.94 bits per heavy atom. The van der Waals surface area contributed by atoms with Crippen LogP contribution >= 0.6 is 0 Å². The monoisotopic (exact) mass is 245 g/mol. The molecule has 1 fully saturated rings. The van der Waals surface area contributed by atoms with Crippen LogP contribution in [0.3, 0.4) is 0 Å². The molecule has 1 aromatic rings. The number of amides is 1. The van der Waals surface area contributed by atoms with Gasteiger partial charge in [0.05, 0.1) is 6.42 Å². The maximum atomic E-state index is 12.0. The maximum absolute atomic E-state index is 12.0. The zero-order valence-corrected chi connectivity index (χ0v) is 11.2. The van der Waals surface area contributed by atoms with Gasteiger partial charge in [0.15, 0.2) is 0 Å². The highest BCUT2D eigenvalue weighted by Gasteiger charge is 2.27. The molecular weight excluding hydrogens is 226 g/mol. The topological polar surface area (TPSA) is 37.4 Å². The van der Waals surface area contributed by atoms with Crippen molar-refractivity contribution in [3.8, 4) is 0 Å². The summed E-state index contributed by atoms with van der Waals surface area (Å²) in [5, 5.41) is 0. The second-order valence-corrected chi connectivity index (χ2v) is 5.18. The molecule has 0 N–H and O–H groups in total. The van der Waals surface area contributed by atoms with Gasteiger partial charge in [-0.15, -0.1) is 0 Å². The summed E-state index contributed by atoms with van der Waals surface area (Å²) in [4.78, 5) is 25.1. The van der Waals surface area contributed by atoms with E-state index in [0.29, 0.717) is 18.9 Å². The van der Waals surface area contributed by atoms with Crippen molar-refractivity contribution in [2.24, 2.45) is 0 Å². The van der Waals surface area contributed by atoms with Crippen molar-refractivity contribution in [2.75, 3.05) is 11.4 Å². The average Bonchev–Trinajstić information content (AvgIpc) is 2.29. The minimum Gasteiger partial charge on any atom is -0.311 e. The second-order valence-electron chi connectivity index (χ2n) is 5.18. The van der Waals surface area contributed by atoms with Gasteiger partial charge in [0.2, 0.25) is 5.91 Å². The van der Waals surface area contributed by atoms with Gasteiger partial charge in [-0.3, -0.25) is 9.59 Å². The van der Waals surface area contributed by atoms with E-state index in [-0.39, 0.29) is 18.1 Å². The smallest absolute Gasteiger partial charge is 0.234 e. The van der Waals surface area contributed by atoms with Gasteiger partial charge in [0.1, 0.15) is 5.78 Å². The highest BCUT2D eigenvalue weighted by atomic mass is 16.2. The van der Waals surface area contributed by atoms with Gasteiger partial charge in [0, 0.05) is 18.7 Å². The molecule has 0 saturated carbocycles. The molecule has 3 nitrogen and oxygen atoms in total. The van der Waals surface area contributed by atoms with Crippen LogP contribution in [0.2, 0.25) is 0 Å². The molecule has 1 aliphatic rings. The summed E-state index contributed by atoms with van der Waals surface area (Å²) in [7, 11) is 0. The molecule has 1 aliphatic heterocycles. The van der Waals surface area contributed by atoms with E-state index in [2.05, 4.69) is 19.9 Å². The summed E-state index contributed by atoms with van der Waals surface area (Å²) in [6, 6.07) is 6.11. The number of para-hydroxylation sites is 1. The second kappa shape index (κ2) is 4.92. The molecule has 96 valence electrons. The lowest BCUT2D eigenvalue weighted by Crippen LogP contribution is -2.40. The van der Waals surface area contributed by atoms with Crippen LogP contribution in [-0.2, 0) is 9.59 Å². The predicted molar refractivity (Wildman–Crippen MR) is 71.9 cm³/mol. The van der Waals surface area contributed by atoms with Crippen molar-refractivity contribution >= 4 is 17.4 Å². The van der Waals surface area contributed by atoms with E-state index in [1.807, 2.05) is 19.1 Å². The number of aryl methyl sites for hydroxylation is 1. The summed E-state index contributed by atoms with van der Waals surface area (Å²) in [6.07, 6.45) is 0.517. The number of carbonyl (C=O) groups is 2. The Bertz CT molecular complexity index is 491. The predicted octanol–water partition coefficient (Wildman–Crippen LogP) is 2.81. The molecule has 1 heterocycles. The SMILES string of the molecule is Cc1cccc(C(C)C)c1N1CCC(=O)CC1=O. The average molecular weight is 245 g/mol. The van der Waals surface area contributed by atoms with Crippen LogP contribution in [0.1, 0.15) is 43.7 Å². The van der Waals surface area contributed by atoms with E-state index in [0.717, 1.165) is 11.3 Å². The first kappa shape index (κ1) is 12.8. The third kappa shape index (κ3) is 2.30. The Balaban J connectivity index is 2.44. The van der Waals surface area contributed by atoms with Gasteiger partial charge < -0.3 is 4.90 Å². The minimum atomic E-state index is -0.0672. The van der Waals surface area contributed by atoms with E-state index in [1.165, 1.54) is 5.56 Å². The van der Waals surface area contributed by atoms with Crippen molar-refractivity contribution in [1.82, 2.24) is 0 Å². The van der Waals surface area contributed by atoms with E-state index in [1.54, 1.807) is 4.90 Å². The summed E-state index contributed by atoms with van der Waals surface area (Å²) in [5.41, 5.74) is 3.28. The van der Waals surface area contributed by atoms with Crippen molar-refractivity contribution in [3.05, 3.63) is 29.3 Å². The normalized spacial score (nSPS) is 16.6. The standard InChI is InChI=1S/C15H19NO2/c1-10(2)13-6-4-5-11(3)15(13)16-8-7-12(17)9-14(16)18/h4-6,10H,7-9H2,1-3H3. The first-order valence-corrected chi connectivity index (χ1v) is 6.42. The van der Waals surface area contributed by atoms with Crippen LogP contribution in [0.25, 0.3) is 0 Å². The van der Waals surface area contributed by atoms with Gasteiger partial charge in [-0.05, 0) is 24.0 Å². The van der Waals surface area contributed by atoms with E-state index >= 15 is 0 Å². The van der Waals surface area contributed by atoms with Crippen LogP contribution in [0, 0.1) is 6.92 Å². The van der Waals surface area contributed by atoms with Crippen molar-refractivity contribution in [1.29, 1.82) is 0 Å². The quantitative estimate of drug-likeness (QED) is 0.751. The molecule has 0 aliphatic carbocycles. The summed E-state index contributed by atoms with van der Waals surface area (Å²) >= 11 is 0. The zero-order valence-electron chi connectivity index (χ0n) is 11.2. The first-order valence-electron chi connectivity index (χ1n) is 6.42. The molecule has 3 heteroatoms. The number of benzene rings is 1. The largest absolute Gasteiger partial charge is 0.311 e. The van der Waals surface area contributed by atoms with Crippen LogP contribution in [-0.4, -0.2) is 18.2 Å². The number of hydrogen-bond donors (Lipinski definition) is 0. The number of hydrogen-bond acceptors (Lipinski definition) is 2. The molecule has 18 heavy (non-hydrogen) atoms. The lowest BCUT2D eigenvalue weighted by molar-refractivity contribution is -0.128. The lowest BCUT2D eigenvalue weighted by atomic mass is 9.95. The number of Topliss-reactive ketones (excluding diaryl/α,β-unsaturated/α-hetero) is 1. The summed E-state index contributed by atoms with van der Waals surface area (Å²) in [5.74, 6) is 0.351. The van der Waals surface area contributed by atoms with Crippen LogP contribution < -0.4 is 4.90 Å². The Kier molecular flexibility index (Phi) is 3.50. The Morgan fingerprint density at radius 3 is 2.56 bits per heavy atom. The van der Waals surface area contributed by atoms with Gasteiger partial charge in [-0.2, -0.15) is 0 Å². The molecule has 0 radical (unpaired) electrons. The molecule has 1 saturated heterocycles. The molecule has 0 atom stereocenters. The van der Waals surface area contributed by atoms with Gasteiger partial charge in [-0.1, -0.05) is 32.0 Å². The maximum Gasteiger partial charge on any atom is 0.234 e. The molecule has 0 unspecified atom stereocenters. The molecule has 1 aromatic carbocycles. The van der Waals surface area contributed by atoms with Crippen LogP contribution in [0.5, 0.6) is 0 Å². The first-order chi connectivity index (χ1) is 8.50. The van der Waals surface area contributed by atoms with Gasteiger partial charge in [0.25, 0.3) is 0 Å². The number of anilines is 1. The van der Waals surface area contributed by atoms with Crippen LogP contribution in [0.4, 0.5) is 5.69 Å². The third-order valence-corrected chi connectivity index (χ3v) is 3.42. The fourth-order valence-corrected chi connectivity index (χ4v) is 2.47. The molecule has 2 rings (SSSR count). The molecule has 0 aromatic heterocycles. The van der Waals surface area contributed by atoms with E-state index in [9.17, 15) is 9.59 Å². The number of piperidine rings is 1. The highest BCUT2D eigenvalue weighted by Crippen LogP contribution is 2.32. The number of carbonyl (C=O) groups excluding carboxylic acids is 2. The Hall–Kier alpha value is -1.64. The highest BCUT2D eigenvalue weighted by molar-refractivity contribution is 6.09. The summed E-state index contributed by atoms with van der Waals surface area (Å²) < 4.78 is 0. The Morgan fingerprint density at radius 1 is 1.22 bits per heavy atom. The number of nitrogens with zero attached hydrogens (tertiary/aromatic N) is 1. The molecular formula is C15H19NO2. The zero-order chi connectivity index (χ0) is 13.3.